The second kappa shape index (κ2) is 9.68. The van der Waals surface area contributed by atoms with Crippen LogP contribution in [-0.4, -0.2) is 16.9 Å². The lowest BCUT2D eigenvalue weighted by molar-refractivity contribution is -0.121. The van der Waals surface area contributed by atoms with Gasteiger partial charge < -0.3 is 10.6 Å². The van der Waals surface area contributed by atoms with Crippen LogP contribution in [0.4, 0.5) is 11.4 Å². The van der Waals surface area contributed by atoms with Crippen molar-refractivity contribution in [2.24, 2.45) is 0 Å². The predicted octanol–water partition coefficient (Wildman–Crippen LogP) is 3.33. The van der Waals surface area contributed by atoms with E-state index >= 15 is 0 Å². The second-order valence-corrected chi connectivity index (χ2v) is 6.87. The van der Waals surface area contributed by atoms with Crippen LogP contribution in [-0.2, 0) is 16.0 Å². The summed E-state index contributed by atoms with van der Waals surface area (Å²) in [5.41, 5.74) is 8.87. The average Bonchev–Trinajstić information content (AvgIpc) is 2.62. The summed E-state index contributed by atoms with van der Waals surface area (Å²) < 4.78 is 0. The number of nitrogens with one attached hydrogen (secondary N) is 4. The van der Waals surface area contributed by atoms with Gasteiger partial charge in [-0.05, 0) is 53.5 Å². The Kier molecular flexibility index (Phi) is 7.31. The summed E-state index contributed by atoms with van der Waals surface area (Å²) in [6.07, 6.45) is 0.194. The zero-order valence-corrected chi connectivity index (χ0v) is 16.4. The van der Waals surface area contributed by atoms with E-state index in [9.17, 15) is 9.59 Å². The van der Waals surface area contributed by atoms with Crippen LogP contribution < -0.4 is 21.5 Å². The largest absolute Gasteiger partial charge is 0.331 e. The third kappa shape index (κ3) is 7.07. The van der Waals surface area contributed by atoms with Crippen LogP contribution in [0.3, 0.4) is 0 Å². The first-order valence-electron chi connectivity index (χ1n) is 8.66. The van der Waals surface area contributed by atoms with Gasteiger partial charge in [-0.1, -0.05) is 38.1 Å². The van der Waals surface area contributed by atoms with Crippen LogP contribution in [0.5, 0.6) is 0 Å². The first-order chi connectivity index (χ1) is 12.8. The van der Waals surface area contributed by atoms with Gasteiger partial charge in [-0.25, -0.2) is 0 Å². The quantitative estimate of drug-likeness (QED) is 0.470. The number of amides is 2. The highest BCUT2D eigenvalue weighted by Gasteiger charge is 2.05. The smallest absolute Gasteiger partial charge is 0.242 e. The molecule has 0 bridgehead atoms. The number of carbonyl (C=O) groups is 2. The molecule has 2 rings (SSSR count). The van der Waals surface area contributed by atoms with Gasteiger partial charge in [-0.3, -0.25) is 20.4 Å². The molecule has 0 spiro atoms. The van der Waals surface area contributed by atoms with E-state index in [0.29, 0.717) is 16.7 Å². The summed E-state index contributed by atoms with van der Waals surface area (Å²) in [6.45, 7) is 5.72. The maximum absolute atomic E-state index is 12.0. The molecule has 7 heteroatoms. The highest BCUT2D eigenvalue weighted by atomic mass is 32.1. The average molecular weight is 385 g/mol. The minimum atomic E-state index is -0.221. The van der Waals surface area contributed by atoms with E-state index in [1.54, 1.807) is 24.3 Å². The van der Waals surface area contributed by atoms with Crippen molar-refractivity contribution in [1.29, 1.82) is 0 Å². The molecule has 0 saturated heterocycles. The number of hydrogen-bond acceptors (Lipinski definition) is 3. The summed E-state index contributed by atoms with van der Waals surface area (Å²) in [6, 6.07) is 15.1. The van der Waals surface area contributed by atoms with E-state index in [4.69, 9.17) is 12.2 Å². The van der Waals surface area contributed by atoms with Gasteiger partial charge in [0.05, 0.1) is 6.42 Å². The Balaban J connectivity index is 1.77. The number of benzene rings is 2. The SMILES string of the molecule is CC(=O)Nc1ccc(CC(=O)NNC(=S)Nc2ccc(C(C)C)cc2)cc1. The molecular weight excluding hydrogens is 360 g/mol. The first-order valence-corrected chi connectivity index (χ1v) is 9.06. The van der Waals surface area contributed by atoms with Crippen LogP contribution in [0.2, 0.25) is 0 Å². The Hall–Kier alpha value is -2.93. The normalized spacial score (nSPS) is 10.2. The molecular formula is C20H24N4O2S. The lowest BCUT2D eigenvalue weighted by atomic mass is 10.0. The van der Waals surface area contributed by atoms with Crippen molar-refractivity contribution < 1.29 is 9.59 Å². The molecule has 2 amide bonds. The summed E-state index contributed by atoms with van der Waals surface area (Å²) in [4.78, 5) is 23.0. The number of thiocarbonyl (C=S) groups is 1. The minimum Gasteiger partial charge on any atom is -0.331 e. The minimum absolute atomic E-state index is 0.135. The highest BCUT2D eigenvalue weighted by Crippen LogP contribution is 2.17. The third-order valence-electron chi connectivity index (χ3n) is 3.79. The number of hydrogen-bond donors (Lipinski definition) is 4. The van der Waals surface area contributed by atoms with Crippen molar-refractivity contribution in [3.8, 4) is 0 Å². The summed E-state index contributed by atoms with van der Waals surface area (Å²) in [5.74, 6) is 0.113. The Labute approximate surface area is 164 Å². The lowest BCUT2D eigenvalue weighted by Gasteiger charge is -2.13. The molecule has 0 radical (unpaired) electrons. The van der Waals surface area contributed by atoms with Crippen molar-refractivity contribution in [1.82, 2.24) is 10.9 Å². The maximum Gasteiger partial charge on any atom is 0.242 e. The molecule has 0 unspecified atom stereocenters. The summed E-state index contributed by atoms with van der Waals surface area (Å²) in [5, 5.41) is 6.01. The maximum atomic E-state index is 12.0. The molecule has 142 valence electrons. The van der Waals surface area contributed by atoms with Gasteiger partial charge in [0, 0.05) is 18.3 Å². The molecule has 0 fully saturated rings. The van der Waals surface area contributed by atoms with Gasteiger partial charge in [0.1, 0.15) is 0 Å². The van der Waals surface area contributed by atoms with Crippen molar-refractivity contribution in [2.75, 3.05) is 10.6 Å². The number of hydrazine groups is 1. The van der Waals surface area contributed by atoms with E-state index in [-0.39, 0.29) is 18.2 Å². The fourth-order valence-corrected chi connectivity index (χ4v) is 2.55. The van der Waals surface area contributed by atoms with Gasteiger partial charge in [0.15, 0.2) is 5.11 Å². The van der Waals surface area contributed by atoms with E-state index in [1.807, 2.05) is 24.3 Å². The number of anilines is 2. The fourth-order valence-electron chi connectivity index (χ4n) is 2.38. The Morgan fingerprint density at radius 3 is 2.00 bits per heavy atom. The van der Waals surface area contributed by atoms with E-state index in [2.05, 4.69) is 35.3 Å². The standard InChI is InChI=1S/C20H24N4O2S/c1-13(2)16-6-10-18(11-7-16)22-20(27)24-23-19(26)12-15-4-8-17(9-5-15)21-14(3)25/h4-11,13H,12H2,1-3H3,(H,21,25)(H,23,26)(H2,22,24,27). The molecule has 4 N–H and O–H groups in total. The zero-order chi connectivity index (χ0) is 19.8. The Morgan fingerprint density at radius 1 is 0.889 bits per heavy atom. The molecule has 0 aliphatic rings. The molecule has 0 atom stereocenters. The van der Waals surface area contributed by atoms with Crippen LogP contribution >= 0.6 is 12.2 Å². The van der Waals surface area contributed by atoms with Crippen LogP contribution in [0, 0.1) is 0 Å². The first kappa shape index (κ1) is 20.4. The molecule has 0 aromatic heterocycles. The van der Waals surface area contributed by atoms with Crippen molar-refractivity contribution in [3.05, 3.63) is 59.7 Å². The van der Waals surface area contributed by atoms with Gasteiger partial charge in [-0.2, -0.15) is 0 Å². The van der Waals surface area contributed by atoms with Gasteiger partial charge in [0.2, 0.25) is 11.8 Å². The van der Waals surface area contributed by atoms with Crippen LogP contribution in [0.1, 0.15) is 37.8 Å². The van der Waals surface area contributed by atoms with Crippen LogP contribution in [0.15, 0.2) is 48.5 Å². The molecule has 0 aliphatic heterocycles. The predicted molar refractivity (Wildman–Crippen MR) is 112 cm³/mol. The summed E-state index contributed by atoms with van der Waals surface area (Å²) in [7, 11) is 0. The molecule has 0 heterocycles. The summed E-state index contributed by atoms with van der Waals surface area (Å²) >= 11 is 5.18. The topological polar surface area (TPSA) is 82.3 Å². The van der Waals surface area contributed by atoms with Gasteiger partial charge in [-0.15, -0.1) is 0 Å². The van der Waals surface area contributed by atoms with Gasteiger partial charge >= 0.3 is 0 Å². The number of rotatable bonds is 5. The molecule has 6 nitrogen and oxygen atoms in total. The fraction of sp³-hybridized carbons (Fsp3) is 0.250. The molecule has 0 saturated carbocycles. The van der Waals surface area contributed by atoms with Crippen molar-refractivity contribution in [2.45, 2.75) is 33.1 Å². The highest BCUT2D eigenvalue weighted by molar-refractivity contribution is 7.80. The van der Waals surface area contributed by atoms with E-state index in [0.717, 1.165) is 11.3 Å². The monoisotopic (exact) mass is 384 g/mol. The van der Waals surface area contributed by atoms with E-state index in [1.165, 1.54) is 12.5 Å². The Morgan fingerprint density at radius 2 is 1.44 bits per heavy atom. The van der Waals surface area contributed by atoms with Crippen LogP contribution in [0.25, 0.3) is 0 Å². The van der Waals surface area contributed by atoms with E-state index < -0.39 is 0 Å². The zero-order valence-electron chi connectivity index (χ0n) is 15.6. The molecule has 0 aliphatic carbocycles. The second-order valence-electron chi connectivity index (χ2n) is 6.46. The van der Waals surface area contributed by atoms with Crippen molar-refractivity contribution >= 4 is 40.5 Å². The third-order valence-corrected chi connectivity index (χ3v) is 3.99. The van der Waals surface area contributed by atoms with Crippen molar-refractivity contribution in [3.63, 3.8) is 0 Å². The molecule has 27 heavy (non-hydrogen) atoms. The molecule has 2 aromatic carbocycles. The van der Waals surface area contributed by atoms with Gasteiger partial charge in [0.25, 0.3) is 0 Å². The lowest BCUT2D eigenvalue weighted by Crippen LogP contribution is -2.44. The molecule has 2 aromatic rings. The Bertz CT molecular complexity index is 802. The number of carbonyl (C=O) groups excluding carboxylic acids is 2.